The van der Waals surface area contributed by atoms with Crippen molar-refractivity contribution in [1.29, 1.82) is 0 Å². The van der Waals surface area contributed by atoms with Gasteiger partial charge in [0.2, 0.25) is 0 Å². The Morgan fingerprint density at radius 1 is 1.25 bits per heavy atom. The molecule has 1 aliphatic heterocycles. The molecule has 1 saturated carbocycles. The molecule has 2 atom stereocenters. The van der Waals surface area contributed by atoms with E-state index in [0.29, 0.717) is 17.4 Å². The van der Waals surface area contributed by atoms with E-state index in [0.717, 1.165) is 25.6 Å². The molecular weight excluding hydrogens is 252 g/mol. The standard InChI is InChI=1S/C16H30N2O2/c1-16(2,3)7-13-6-14(17-8-12-4-5-12)10-18(9-13)11-15(19)20/h12-14,17H,4-11H2,1-3H3,(H,19,20). The average molecular weight is 282 g/mol. The number of likely N-dealkylation sites (tertiary alicyclic amines) is 1. The number of rotatable bonds is 6. The van der Waals surface area contributed by atoms with Crippen LogP contribution in [0.2, 0.25) is 0 Å². The number of carboxylic acids is 1. The molecule has 2 fully saturated rings. The summed E-state index contributed by atoms with van der Waals surface area (Å²) < 4.78 is 0. The van der Waals surface area contributed by atoms with Crippen molar-refractivity contribution in [2.24, 2.45) is 17.3 Å². The van der Waals surface area contributed by atoms with Gasteiger partial charge < -0.3 is 10.4 Å². The van der Waals surface area contributed by atoms with Gasteiger partial charge in [0, 0.05) is 19.1 Å². The molecule has 1 heterocycles. The van der Waals surface area contributed by atoms with E-state index in [-0.39, 0.29) is 6.54 Å². The largest absolute Gasteiger partial charge is 0.480 e. The highest BCUT2D eigenvalue weighted by atomic mass is 16.4. The Kier molecular flexibility index (Phi) is 5.08. The van der Waals surface area contributed by atoms with Crippen LogP contribution in [0.15, 0.2) is 0 Å². The van der Waals surface area contributed by atoms with Crippen LogP contribution in [0.3, 0.4) is 0 Å². The summed E-state index contributed by atoms with van der Waals surface area (Å²) in [5, 5.41) is 12.7. The molecule has 20 heavy (non-hydrogen) atoms. The molecule has 2 unspecified atom stereocenters. The highest BCUT2D eigenvalue weighted by Gasteiger charge is 2.31. The molecule has 0 aromatic rings. The molecule has 0 radical (unpaired) electrons. The number of aliphatic carboxylic acids is 1. The Bertz CT molecular complexity index is 334. The van der Waals surface area contributed by atoms with Gasteiger partial charge in [-0.25, -0.2) is 0 Å². The van der Waals surface area contributed by atoms with Gasteiger partial charge in [0.1, 0.15) is 0 Å². The second-order valence-electron chi connectivity index (χ2n) is 8.00. The SMILES string of the molecule is CC(C)(C)CC1CC(NCC2CC2)CN(CC(=O)O)C1. The van der Waals surface area contributed by atoms with Crippen molar-refractivity contribution in [3.05, 3.63) is 0 Å². The Hall–Kier alpha value is -0.610. The third-order valence-corrected chi connectivity index (χ3v) is 4.26. The summed E-state index contributed by atoms with van der Waals surface area (Å²) in [6.45, 7) is 9.95. The van der Waals surface area contributed by atoms with Gasteiger partial charge in [-0.1, -0.05) is 20.8 Å². The van der Waals surface area contributed by atoms with Gasteiger partial charge in [0.25, 0.3) is 0 Å². The first-order valence-corrected chi connectivity index (χ1v) is 7.99. The van der Waals surface area contributed by atoms with E-state index < -0.39 is 5.97 Å². The molecule has 2 N–H and O–H groups in total. The van der Waals surface area contributed by atoms with Gasteiger partial charge >= 0.3 is 5.97 Å². The van der Waals surface area contributed by atoms with Crippen LogP contribution in [-0.4, -0.2) is 48.2 Å². The minimum Gasteiger partial charge on any atom is -0.480 e. The van der Waals surface area contributed by atoms with Crippen molar-refractivity contribution >= 4 is 5.97 Å². The Balaban J connectivity index is 1.88. The van der Waals surface area contributed by atoms with Crippen molar-refractivity contribution in [3.8, 4) is 0 Å². The van der Waals surface area contributed by atoms with Crippen LogP contribution in [0, 0.1) is 17.3 Å². The lowest BCUT2D eigenvalue weighted by Gasteiger charge is -2.39. The van der Waals surface area contributed by atoms with Gasteiger partial charge in [-0.2, -0.15) is 0 Å². The molecule has 2 rings (SSSR count). The number of nitrogens with one attached hydrogen (secondary N) is 1. The normalized spacial score (nSPS) is 28.6. The lowest BCUT2D eigenvalue weighted by atomic mass is 9.80. The smallest absolute Gasteiger partial charge is 0.317 e. The lowest BCUT2D eigenvalue weighted by Crippen LogP contribution is -2.51. The maximum absolute atomic E-state index is 11.0. The quantitative estimate of drug-likeness (QED) is 0.784. The number of hydrogen-bond acceptors (Lipinski definition) is 3. The summed E-state index contributed by atoms with van der Waals surface area (Å²) in [7, 11) is 0. The molecule has 1 aliphatic carbocycles. The lowest BCUT2D eigenvalue weighted by molar-refractivity contribution is -0.138. The van der Waals surface area contributed by atoms with Gasteiger partial charge in [0.15, 0.2) is 0 Å². The number of hydrogen-bond donors (Lipinski definition) is 2. The van der Waals surface area contributed by atoms with Crippen molar-refractivity contribution in [1.82, 2.24) is 10.2 Å². The fraction of sp³-hybridized carbons (Fsp3) is 0.938. The zero-order chi connectivity index (χ0) is 14.8. The number of carbonyl (C=O) groups is 1. The van der Waals surface area contributed by atoms with Gasteiger partial charge in [-0.05, 0) is 49.5 Å². The molecule has 0 aromatic carbocycles. The van der Waals surface area contributed by atoms with E-state index in [1.807, 2.05) is 0 Å². The molecule has 1 saturated heterocycles. The first-order chi connectivity index (χ1) is 9.32. The van der Waals surface area contributed by atoms with Crippen molar-refractivity contribution in [2.45, 2.75) is 52.5 Å². The minimum absolute atomic E-state index is 0.183. The Morgan fingerprint density at radius 3 is 2.50 bits per heavy atom. The van der Waals surface area contributed by atoms with Crippen LogP contribution in [0.4, 0.5) is 0 Å². The van der Waals surface area contributed by atoms with E-state index in [9.17, 15) is 4.79 Å². The molecule has 0 aromatic heterocycles. The maximum Gasteiger partial charge on any atom is 0.317 e. The summed E-state index contributed by atoms with van der Waals surface area (Å²) in [5.74, 6) is 0.785. The van der Waals surface area contributed by atoms with E-state index in [4.69, 9.17) is 5.11 Å². The Labute approximate surface area is 122 Å². The maximum atomic E-state index is 11.0. The first kappa shape index (κ1) is 15.8. The zero-order valence-corrected chi connectivity index (χ0v) is 13.2. The molecule has 116 valence electrons. The van der Waals surface area contributed by atoms with E-state index in [1.54, 1.807) is 0 Å². The number of carboxylic acid groups (broad SMARTS) is 1. The molecule has 0 bridgehead atoms. The van der Waals surface area contributed by atoms with Gasteiger partial charge in [0.05, 0.1) is 6.54 Å². The van der Waals surface area contributed by atoms with Crippen LogP contribution >= 0.6 is 0 Å². The van der Waals surface area contributed by atoms with Gasteiger partial charge in [-0.15, -0.1) is 0 Å². The summed E-state index contributed by atoms with van der Waals surface area (Å²) in [6.07, 6.45) is 5.10. The summed E-state index contributed by atoms with van der Waals surface area (Å²) in [5.41, 5.74) is 0.317. The average Bonchev–Trinajstić information content (AvgIpc) is 3.06. The van der Waals surface area contributed by atoms with Crippen LogP contribution in [-0.2, 0) is 4.79 Å². The van der Waals surface area contributed by atoms with Crippen molar-refractivity contribution < 1.29 is 9.90 Å². The van der Waals surface area contributed by atoms with Crippen LogP contribution in [0.25, 0.3) is 0 Å². The monoisotopic (exact) mass is 282 g/mol. The van der Waals surface area contributed by atoms with Crippen LogP contribution in [0.5, 0.6) is 0 Å². The predicted octanol–water partition coefficient (Wildman–Crippen LogP) is 2.20. The first-order valence-electron chi connectivity index (χ1n) is 7.99. The highest BCUT2D eigenvalue weighted by molar-refractivity contribution is 5.69. The molecule has 0 amide bonds. The van der Waals surface area contributed by atoms with Crippen LogP contribution < -0.4 is 5.32 Å². The predicted molar refractivity (Wildman–Crippen MR) is 80.8 cm³/mol. The number of nitrogens with zero attached hydrogens (tertiary/aromatic N) is 1. The summed E-state index contributed by atoms with van der Waals surface area (Å²) in [4.78, 5) is 13.1. The molecule has 4 nitrogen and oxygen atoms in total. The molecule has 4 heteroatoms. The fourth-order valence-electron chi connectivity index (χ4n) is 3.44. The molecule has 2 aliphatic rings. The second-order valence-corrected chi connectivity index (χ2v) is 8.00. The highest BCUT2D eigenvalue weighted by Crippen LogP contribution is 2.31. The summed E-state index contributed by atoms with van der Waals surface area (Å²) in [6, 6.07) is 0.469. The van der Waals surface area contributed by atoms with Crippen LogP contribution in [0.1, 0.15) is 46.5 Å². The molecule has 0 spiro atoms. The fourth-order valence-corrected chi connectivity index (χ4v) is 3.44. The second kappa shape index (κ2) is 6.44. The third-order valence-electron chi connectivity index (χ3n) is 4.26. The molecular formula is C16H30N2O2. The van der Waals surface area contributed by atoms with Crippen molar-refractivity contribution in [3.63, 3.8) is 0 Å². The van der Waals surface area contributed by atoms with E-state index in [1.165, 1.54) is 25.7 Å². The summed E-state index contributed by atoms with van der Waals surface area (Å²) >= 11 is 0. The minimum atomic E-state index is -0.706. The van der Waals surface area contributed by atoms with Crippen molar-refractivity contribution in [2.75, 3.05) is 26.2 Å². The topological polar surface area (TPSA) is 52.6 Å². The zero-order valence-electron chi connectivity index (χ0n) is 13.2. The van der Waals surface area contributed by atoms with E-state index in [2.05, 4.69) is 31.0 Å². The van der Waals surface area contributed by atoms with E-state index >= 15 is 0 Å². The number of piperidine rings is 1. The Morgan fingerprint density at radius 2 is 1.95 bits per heavy atom. The van der Waals surface area contributed by atoms with Gasteiger partial charge in [-0.3, -0.25) is 9.69 Å². The third kappa shape index (κ3) is 5.80.